The lowest BCUT2D eigenvalue weighted by Gasteiger charge is -2.22. The first-order chi connectivity index (χ1) is 13.7. The topological polar surface area (TPSA) is 112 Å². The van der Waals surface area contributed by atoms with Crippen LogP contribution in [0.15, 0.2) is 41.4 Å². The summed E-state index contributed by atoms with van der Waals surface area (Å²) in [7, 11) is 1.85. The Labute approximate surface area is 175 Å². The van der Waals surface area contributed by atoms with Gasteiger partial charge in [0.1, 0.15) is 21.7 Å². The number of aromatic hydroxyl groups is 1. The standard InChI is InChI=1S/C19H17N3O5S2/c1-10(16(24)20-11-5-6-14(23)13(8-11)18(26)27)22-17(25)15(29-19(22)28)9-12-4-3-7-21(12)2/h3-10,23H,1-2H3,(H,20,24)(H,26,27). The summed E-state index contributed by atoms with van der Waals surface area (Å²) in [5.74, 6) is -2.65. The Bertz CT molecular complexity index is 1060. The fourth-order valence-corrected chi connectivity index (χ4v) is 4.12. The van der Waals surface area contributed by atoms with Crippen molar-refractivity contribution >= 4 is 57.8 Å². The molecule has 8 nitrogen and oxygen atoms in total. The van der Waals surface area contributed by atoms with E-state index in [2.05, 4.69) is 5.32 Å². The Morgan fingerprint density at radius 2 is 2.03 bits per heavy atom. The number of aromatic nitrogens is 1. The summed E-state index contributed by atoms with van der Waals surface area (Å²) < 4.78 is 2.11. The molecule has 150 valence electrons. The molecule has 2 amide bonds. The lowest BCUT2D eigenvalue weighted by atomic mass is 10.1. The first-order valence-electron chi connectivity index (χ1n) is 8.44. The van der Waals surface area contributed by atoms with E-state index in [1.807, 2.05) is 29.9 Å². The zero-order valence-corrected chi connectivity index (χ0v) is 17.1. The zero-order valence-electron chi connectivity index (χ0n) is 15.4. The van der Waals surface area contributed by atoms with Crippen LogP contribution in [-0.4, -0.2) is 47.8 Å². The van der Waals surface area contributed by atoms with Crippen LogP contribution in [0.5, 0.6) is 5.75 Å². The SMILES string of the molecule is CC(C(=O)Nc1ccc(O)c(C(=O)O)c1)N1C(=O)C(=Cc2cccn2C)SC1=S. The number of anilines is 1. The Morgan fingerprint density at radius 1 is 1.31 bits per heavy atom. The van der Waals surface area contributed by atoms with Crippen molar-refractivity contribution in [2.24, 2.45) is 7.05 Å². The normalized spacial score (nSPS) is 16.3. The molecule has 3 N–H and O–H groups in total. The molecule has 1 unspecified atom stereocenters. The molecule has 29 heavy (non-hydrogen) atoms. The second-order valence-corrected chi connectivity index (χ2v) is 7.97. The number of rotatable bonds is 5. The number of carboxylic acids is 1. The maximum Gasteiger partial charge on any atom is 0.339 e. The number of amides is 2. The molecule has 1 saturated heterocycles. The third-order valence-electron chi connectivity index (χ3n) is 4.35. The summed E-state index contributed by atoms with van der Waals surface area (Å²) in [4.78, 5) is 38.2. The minimum absolute atomic E-state index is 0.182. The van der Waals surface area contributed by atoms with Crippen molar-refractivity contribution in [1.29, 1.82) is 0 Å². The minimum atomic E-state index is -1.32. The van der Waals surface area contributed by atoms with Crippen LogP contribution in [0.3, 0.4) is 0 Å². The summed E-state index contributed by atoms with van der Waals surface area (Å²) in [6.07, 6.45) is 3.56. The second-order valence-electron chi connectivity index (χ2n) is 6.30. The van der Waals surface area contributed by atoms with Gasteiger partial charge in [-0.3, -0.25) is 14.5 Å². The van der Waals surface area contributed by atoms with Crippen LogP contribution in [0.2, 0.25) is 0 Å². The van der Waals surface area contributed by atoms with E-state index in [-0.39, 0.29) is 21.5 Å². The van der Waals surface area contributed by atoms with Crippen LogP contribution >= 0.6 is 24.0 Å². The van der Waals surface area contributed by atoms with Crippen molar-refractivity contribution in [3.05, 3.63) is 52.7 Å². The quantitative estimate of drug-likeness (QED) is 0.379. The zero-order chi connectivity index (χ0) is 21.3. The van der Waals surface area contributed by atoms with E-state index in [1.54, 1.807) is 6.08 Å². The van der Waals surface area contributed by atoms with E-state index in [0.717, 1.165) is 23.5 Å². The maximum atomic E-state index is 12.8. The van der Waals surface area contributed by atoms with E-state index in [9.17, 15) is 19.5 Å². The molecule has 0 radical (unpaired) electrons. The number of benzene rings is 1. The molecule has 1 aromatic heterocycles. The monoisotopic (exact) mass is 431 g/mol. The van der Waals surface area contributed by atoms with Crippen LogP contribution in [-0.2, 0) is 16.6 Å². The third-order valence-corrected chi connectivity index (χ3v) is 5.68. The van der Waals surface area contributed by atoms with Crippen LogP contribution < -0.4 is 5.32 Å². The van der Waals surface area contributed by atoms with E-state index < -0.39 is 23.7 Å². The van der Waals surface area contributed by atoms with E-state index in [1.165, 1.54) is 24.0 Å². The van der Waals surface area contributed by atoms with Crippen LogP contribution in [0, 0.1) is 0 Å². The fourth-order valence-electron chi connectivity index (χ4n) is 2.72. The Hall–Kier alpha value is -3.11. The van der Waals surface area contributed by atoms with Gasteiger partial charge < -0.3 is 20.1 Å². The lowest BCUT2D eigenvalue weighted by Crippen LogP contribution is -2.44. The lowest BCUT2D eigenvalue weighted by molar-refractivity contribution is -0.129. The molecule has 3 rings (SSSR count). The number of carbonyl (C=O) groups is 3. The summed E-state index contributed by atoms with van der Waals surface area (Å²) in [6, 6.07) is 6.47. The largest absolute Gasteiger partial charge is 0.507 e. The van der Waals surface area contributed by atoms with Crippen LogP contribution in [0.1, 0.15) is 23.0 Å². The van der Waals surface area contributed by atoms with E-state index >= 15 is 0 Å². The van der Waals surface area contributed by atoms with Gasteiger partial charge in [-0.15, -0.1) is 0 Å². The third kappa shape index (κ3) is 4.17. The van der Waals surface area contributed by atoms with Crippen molar-refractivity contribution in [3.63, 3.8) is 0 Å². The molecule has 0 saturated carbocycles. The van der Waals surface area contributed by atoms with Gasteiger partial charge in [-0.05, 0) is 43.3 Å². The number of nitrogens with one attached hydrogen (secondary N) is 1. The fraction of sp³-hybridized carbons (Fsp3) is 0.158. The average Bonchev–Trinajstić information content (AvgIpc) is 3.18. The van der Waals surface area contributed by atoms with Gasteiger partial charge >= 0.3 is 5.97 Å². The van der Waals surface area contributed by atoms with Crippen molar-refractivity contribution in [2.75, 3.05) is 5.32 Å². The molecule has 1 aliphatic heterocycles. The predicted molar refractivity (Wildman–Crippen MR) is 114 cm³/mol. The van der Waals surface area contributed by atoms with Crippen molar-refractivity contribution in [2.45, 2.75) is 13.0 Å². The van der Waals surface area contributed by atoms with Gasteiger partial charge in [0.15, 0.2) is 0 Å². The van der Waals surface area contributed by atoms with E-state index in [4.69, 9.17) is 17.3 Å². The Morgan fingerprint density at radius 3 is 2.66 bits per heavy atom. The Balaban J connectivity index is 1.77. The highest BCUT2D eigenvalue weighted by Gasteiger charge is 2.38. The first kappa shape index (κ1) is 20.6. The highest BCUT2D eigenvalue weighted by molar-refractivity contribution is 8.26. The Kier molecular flexibility index (Phi) is 5.76. The van der Waals surface area contributed by atoms with Gasteiger partial charge in [-0.2, -0.15) is 0 Å². The number of thiocarbonyl (C=S) groups is 1. The molecule has 0 bridgehead atoms. The molecular weight excluding hydrogens is 414 g/mol. The molecule has 2 heterocycles. The summed E-state index contributed by atoms with van der Waals surface area (Å²) in [5, 5.41) is 21.2. The summed E-state index contributed by atoms with van der Waals surface area (Å²) >= 11 is 6.40. The van der Waals surface area contributed by atoms with Gasteiger partial charge in [-0.25, -0.2) is 4.79 Å². The number of hydrogen-bond acceptors (Lipinski definition) is 6. The molecule has 1 aromatic carbocycles. The molecule has 0 spiro atoms. The number of aryl methyl sites for hydroxylation is 1. The molecule has 2 aromatic rings. The molecule has 1 atom stereocenters. The minimum Gasteiger partial charge on any atom is -0.507 e. The van der Waals surface area contributed by atoms with Gasteiger partial charge in [0.2, 0.25) is 5.91 Å². The maximum absolute atomic E-state index is 12.8. The number of hydrogen-bond donors (Lipinski definition) is 3. The number of aromatic carboxylic acids is 1. The number of carboxylic acid groups (broad SMARTS) is 1. The highest BCUT2D eigenvalue weighted by atomic mass is 32.2. The van der Waals surface area contributed by atoms with Crippen molar-refractivity contribution in [1.82, 2.24) is 9.47 Å². The second kappa shape index (κ2) is 8.10. The molecular formula is C19H17N3O5S2. The van der Waals surface area contributed by atoms with Gasteiger partial charge in [0, 0.05) is 24.6 Å². The molecule has 1 fully saturated rings. The smallest absolute Gasteiger partial charge is 0.339 e. The van der Waals surface area contributed by atoms with Gasteiger partial charge in [0.05, 0.1) is 4.91 Å². The number of carbonyl (C=O) groups excluding carboxylic acids is 2. The predicted octanol–water partition coefficient (Wildman–Crippen LogP) is 2.66. The average molecular weight is 431 g/mol. The number of thioether (sulfide) groups is 1. The summed E-state index contributed by atoms with van der Waals surface area (Å²) in [6.45, 7) is 1.53. The molecule has 10 heteroatoms. The highest BCUT2D eigenvalue weighted by Crippen LogP contribution is 2.34. The van der Waals surface area contributed by atoms with Crippen LogP contribution in [0.25, 0.3) is 6.08 Å². The van der Waals surface area contributed by atoms with Crippen LogP contribution in [0.4, 0.5) is 5.69 Å². The first-order valence-corrected chi connectivity index (χ1v) is 9.67. The molecule has 1 aliphatic rings. The number of phenols is 1. The summed E-state index contributed by atoms with van der Waals surface area (Å²) in [5.41, 5.74) is 0.668. The molecule has 0 aliphatic carbocycles. The van der Waals surface area contributed by atoms with Crippen molar-refractivity contribution in [3.8, 4) is 5.75 Å². The van der Waals surface area contributed by atoms with Gasteiger partial charge in [0.25, 0.3) is 5.91 Å². The number of nitrogens with zero attached hydrogens (tertiary/aromatic N) is 2. The van der Waals surface area contributed by atoms with E-state index in [0.29, 0.717) is 4.91 Å². The van der Waals surface area contributed by atoms with Crippen molar-refractivity contribution < 1.29 is 24.6 Å². The van der Waals surface area contributed by atoms with Gasteiger partial charge in [-0.1, -0.05) is 24.0 Å².